The van der Waals surface area contributed by atoms with Crippen molar-refractivity contribution in [3.05, 3.63) is 86.1 Å². The summed E-state index contributed by atoms with van der Waals surface area (Å²) in [5, 5.41) is 8.66. The zero-order chi connectivity index (χ0) is 26.2. The van der Waals surface area contributed by atoms with Crippen molar-refractivity contribution in [3.8, 4) is 5.69 Å². The maximum Gasteiger partial charge on any atom is 0.416 e. The predicted molar refractivity (Wildman–Crippen MR) is 130 cm³/mol. The van der Waals surface area contributed by atoms with Crippen molar-refractivity contribution in [3.63, 3.8) is 0 Å². The topological polar surface area (TPSA) is 90.3 Å². The smallest absolute Gasteiger partial charge is 0.416 e. The van der Waals surface area contributed by atoms with Gasteiger partial charge in [-0.1, -0.05) is 17.2 Å². The summed E-state index contributed by atoms with van der Waals surface area (Å²) in [5.74, 6) is -1.27. The molecular formula is C25H20F3N3O4S. The fraction of sp³-hybridized carbons (Fsp3) is 0.200. The lowest BCUT2D eigenvalue weighted by Gasteiger charge is -2.11. The fourth-order valence-electron chi connectivity index (χ4n) is 3.74. The minimum absolute atomic E-state index is 0.00400. The molecule has 0 saturated heterocycles. The van der Waals surface area contributed by atoms with E-state index < -0.39 is 29.2 Å². The minimum atomic E-state index is -4.56. The number of ether oxygens (including phenoxy) is 1. The zero-order valence-electron chi connectivity index (χ0n) is 19.4. The number of esters is 1. The summed E-state index contributed by atoms with van der Waals surface area (Å²) in [7, 11) is 0. The summed E-state index contributed by atoms with van der Waals surface area (Å²) < 4.78 is 44.9. The molecule has 0 aliphatic carbocycles. The number of hydrogen-bond acceptors (Lipinski definition) is 6. The van der Waals surface area contributed by atoms with Crippen molar-refractivity contribution in [2.75, 3.05) is 11.9 Å². The molecule has 0 atom stereocenters. The number of nitrogens with zero attached hydrogens (tertiary/aromatic N) is 2. The molecule has 0 radical (unpaired) electrons. The monoisotopic (exact) mass is 515 g/mol. The van der Waals surface area contributed by atoms with Gasteiger partial charge in [0.1, 0.15) is 5.00 Å². The SMILES string of the molecule is CCOC(=O)c1nn(-c2ccc(C(F)(F)F)cc2)c(=O)c2c(NC(=O)c3cc(C)cc(C)c3)scc12. The van der Waals surface area contributed by atoms with E-state index in [9.17, 15) is 27.6 Å². The third-order valence-corrected chi connectivity index (χ3v) is 6.17. The lowest BCUT2D eigenvalue weighted by molar-refractivity contribution is -0.137. The predicted octanol–water partition coefficient (Wildman–Crippen LogP) is 5.51. The Hall–Kier alpha value is -3.99. The number of fused-ring (bicyclic) bond motifs is 1. The van der Waals surface area contributed by atoms with Crippen LogP contribution in [0.25, 0.3) is 16.5 Å². The van der Waals surface area contributed by atoms with E-state index in [-0.39, 0.29) is 33.8 Å². The molecule has 0 aliphatic rings. The van der Waals surface area contributed by atoms with Crippen molar-refractivity contribution in [1.82, 2.24) is 9.78 Å². The Morgan fingerprint density at radius 1 is 1.08 bits per heavy atom. The van der Waals surface area contributed by atoms with E-state index in [0.29, 0.717) is 5.56 Å². The number of benzene rings is 2. The van der Waals surface area contributed by atoms with Crippen LogP contribution in [0.1, 0.15) is 44.5 Å². The molecule has 11 heteroatoms. The fourth-order valence-corrected chi connectivity index (χ4v) is 4.67. The van der Waals surface area contributed by atoms with Crippen LogP contribution in [0.2, 0.25) is 0 Å². The Morgan fingerprint density at radius 3 is 2.31 bits per heavy atom. The van der Waals surface area contributed by atoms with E-state index in [0.717, 1.165) is 51.4 Å². The van der Waals surface area contributed by atoms with Gasteiger partial charge >= 0.3 is 12.1 Å². The number of nitrogens with one attached hydrogen (secondary N) is 1. The van der Waals surface area contributed by atoms with Gasteiger partial charge in [0.05, 0.1) is 23.2 Å². The van der Waals surface area contributed by atoms with Gasteiger partial charge in [-0.25, -0.2) is 4.79 Å². The molecule has 0 spiro atoms. The summed E-state index contributed by atoms with van der Waals surface area (Å²) in [6.45, 7) is 5.35. The van der Waals surface area contributed by atoms with E-state index in [1.54, 1.807) is 19.1 Å². The van der Waals surface area contributed by atoms with Gasteiger partial charge in [-0.2, -0.15) is 23.0 Å². The lowest BCUT2D eigenvalue weighted by atomic mass is 10.1. The van der Waals surface area contributed by atoms with Gasteiger partial charge in [-0.3, -0.25) is 9.59 Å². The zero-order valence-corrected chi connectivity index (χ0v) is 20.2. The Morgan fingerprint density at radius 2 is 1.72 bits per heavy atom. The second-order valence-electron chi connectivity index (χ2n) is 8.01. The van der Waals surface area contributed by atoms with E-state index >= 15 is 0 Å². The maximum atomic E-state index is 13.4. The normalized spacial score (nSPS) is 11.5. The molecule has 186 valence electrons. The van der Waals surface area contributed by atoms with Crippen molar-refractivity contribution >= 4 is 39.0 Å². The van der Waals surface area contributed by atoms with Gasteiger partial charge in [-0.05, 0) is 57.2 Å². The minimum Gasteiger partial charge on any atom is -0.461 e. The number of aromatic nitrogens is 2. The van der Waals surface area contributed by atoms with Crippen LogP contribution >= 0.6 is 11.3 Å². The summed E-state index contributed by atoms with van der Waals surface area (Å²) in [6, 6.07) is 9.10. The average molecular weight is 516 g/mol. The highest BCUT2D eigenvalue weighted by Gasteiger charge is 2.30. The van der Waals surface area contributed by atoms with Crippen molar-refractivity contribution < 1.29 is 27.5 Å². The number of alkyl halides is 3. The molecule has 2 aromatic carbocycles. The molecule has 0 saturated carbocycles. The molecule has 4 rings (SSSR count). The Balaban J connectivity index is 1.86. The number of hydrogen-bond donors (Lipinski definition) is 1. The number of carbonyl (C=O) groups excluding carboxylic acids is 2. The van der Waals surface area contributed by atoms with Crippen LogP contribution in [0.4, 0.5) is 18.2 Å². The van der Waals surface area contributed by atoms with Crippen molar-refractivity contribution in [1.29, 1.82) is 0 Å². The van der Waals surface area contributed by atoms with E-state index in [1.165, 1.54) is 5.38 Å². The number of aryl methyl sites for hydroxylation is 2. The molecule has 0 bridgehead atoms. The first-order chi connectivity index (χ1) is 17.0. The number of anilines is 1. The average Bonchev–Trinajstić information content (AvgIpc) is 3.22. The third kappa shape index (κ3) is 4.87. The molecule has 4 aromatic rings. The highest BCUT2D eigenvalue weighted by atomic mass is 32.1. The Labute approximate surface area is 207 Å². The largest absolute Gasteiger partial charge is 0.461 e. The van der Waals surface area contributed by atoms with Crippen LogP contribution < -0.4 is 10.9 Å². The molecule has 0 fully saturated rings. The van der Waals surface area contributed by atoms with Crippen LogP contribution in [0.3, 0.4) is 0 Å². The molecule has 1 N–H and O–H groups in total. The number of amides is 1. The molecular weight excluding hydrogens is 495 g/mol. The summed E-state index contributed by atoms with van der Waals surface area (Å²) in [4.78, 5) is 39.0. The summed E-state index contributed by atoms with van der Waals surface area (Å²) in [5.41, 5.74) is 0.353. The molecule has 1 amide bonds. The Kier molecular flexibility index (Phi) is 6.68. The standard InChI is InChI=1S/C25H20F3N3O4S/c1-4-35-24(34)20-18-12-36-22(29-21(32)15-10-13(2)9-14(3)11-15)19(18)23(33)31(30-20)17-7-5-16(6-8-17)25(26,27)28/h5-12H,4H2,1-3H3,(H,29,32). The number of rotatable bonds is 5. The lowest BCUT2D eigenvalue weighted by Crippen LogP contribution is -2.25. The van der Waals surface area contributed by atoms with Crippen molar-refractivity contribution in [2.45, 2.75) is 26.9 Å². The van der Waals surface area contributed by atoms with E-state index in [1.807, 2.05) is 19.9 Å². The van der Waals surface area contributed by atoms with Crippen LogP contribution in [0, 0.1) is 13.8 Å². The quantitative estimate of drug-likeness (QED) is 0.354. The molecule has 36 heavy (non-hydrogen) atoms. The number of thiophene rings is 1. The number of carbonyl (C=O) groups is 2. The van der Waals surface area contributed by atoms with Crippen LogP contribution in [-0.2, 0) is 10.9 Å². The molecule has 2 heterocycles. The summed E-state index contributed by atoms with van der Waals surface area (Å²) in [6.07, 6.45) is -4.56. The van der Waals surface area contributed by atoms with Crippen LogP contribution in [0.15, 0.2) is 52.6 Å². The molecule has 0 aliphatic heterocycles. The number of halogens is 3. The first-order valence-corrected chi connectivity index (χ1v) is 11.7. The highest BCUT2D eigenvalue weighted by molar-refractivity contribution is 7.16. The first-order valence-electron chi connectivity index (χ1n) is 10.8. The maximum absolute atomic E-state index is 13.4. The second-order valence-corrected chi connectivity index (χ2v) is 8.89. The van der Waals surface area contributed by atoms with Crippen LogP contribution in [0.5, 0.6) is 0 Å². The second kappa shape index (κ2) is 9.57. The van der Waals surface area contributed by atoms with Gasteiger partial charge in [0, 0.05) is 16.3 Å². The van der Waals surface area contributed by atoms with Gasteiger partial charge in [0.2, 0.25) is 0 Å². The van der Waals surface area contributed by atoms with Gasteiger partial charge < -0.3 is 10.1 Å². The summed E-state index contributed by atoms with van der Waals surface area (Å²) >= 11 is 1.03. The van der Waals surface area contributed by atoms with Crippen LogP contribution in [-0.4, -0.2) is 28.3 Å². The van der Waals surface area contributed by atoms with E-state index in [2.05, 4.69) is 10.4 Å². The molecule has 7 nitrogen and oxygen atoms in total. The van der Waals surface area contributed by atoms with Gasteiger partial charge in [-0.15, -0.1) is 11.3 Å². The highest BCUT2D eigenvalue weighted by Crippen LogP contribution is 2.32. The van der Waals surface area contributed by atoms with Gasteiger partial charge in [0.15, 0.2) is 5.69 Å². The van der Waals surface area contributed by atoms with E-state index in [4.69, 9.17) is 4.74 Å². The van der Waals surface area contributed by atoms with Crippen molar-refractivity contribution in [2.24, 2.45) is 0 Å². The van der Waals surface area contributed by atoms with Gasteiger partial charge in [0.25, 0.3) is 11.5 Å². The molecule has 0 unspecified atom stereocenters. The third-order valence-electron chi connectivity index (χ3n) is 5.27. The molecule has 2 aromatic heterocycles. The first kappa shape index (κ1) is 25.1. The Bertz CT molecular complexity index is 1520.